The zero-order chi connectivity index (χ0) is 14.8. The summed E-state index contributed by atoms with van der Waals surface area (Å²) in [7, 11) is 0. The van der Waals surface area contributed by atoms with Gasteiger partial charge in [-0.15, -0.1) is 0 Å². The molecule has 5 heteroatoms. The molecule has 2 heterocycles. The van der Waals surface area contributed by atoms with Crippen LogP contribution in [0.4, 0.5) is 5.95 Å². The Morgan fingerprint density at radius 1 is 1.38 bits per heavy atom. The minimum absolute atomic E-state index is 0.0372. The van der Waals surface area contributed by atoms with Gasteiger partial charge in [0.2, 0.25) is 5.95 Å². The van der Waals surface area contributed by atoms with Gasteiger partial charge < -0.3 is 15.2 Å². The van der Waals surface area contributed by atoms with E-state index in [1.54, 1.807) is 0 Å². The maximum Gasteiger partial charge on any atom is 0.272 e. The zero-order valence-corrected chi connectivity index (χ0v) is 12.4. The molecule has 0 fully saturated rings. The van der Waals surface area contributed by atoms with Crippen molar-refractivity contribution in [3.63, 3.8) is 0 Å². The molecule has 1 unspecified atom stereocenters. The molecule has 110 valence electrons. The van der Waals surface area contributed by atoms with Crippen LogP contribution in [0.2, 0.25) is 0 Å². The first-order valence-electron chi connectivity index (χ1n) is 7.32. The van der Waals surface area contributed by atoms with E-state index >= 15 is 0 Å². The molecule has 0 bridgehead atoms. The van der Waals surface area contributed by atoms with Gasteiger partial charge >= 0.3 is 0 Å². The van der Waals surface area contributed by atoms with Crippen molar-refractivity contribution in [1.29, 1.82) is 0 Å². The van der Waals surface area contributed by atoms with Crippen LogP contribution in [0.25, 0.3) is 0 Å². The third-order valence-corrected chi connectivity index (χ3v) is 3.79. The lowest BCUT2D eigenvalue weighted by molar-refractivity contribution is 0.0935. The lowest BCUT2D eigenvalue weighted by Crippen LogP contribution is -2.26. The largest absolute Gasteiger partial charge is 0.356 e. The predicted octanol–water partition coefficient (Wildman–Crippen LogP) is 2.50. The molecule has 1 amide bonds. The number of aromatic nitrogens is 2. The summed E-state index contributed by atoms with van der Waals surface area (Å²) in [4.78, 5) is 16.6. The molecule has 1 aliphatic rings. The molecule has 0 radical (unpaired) electrons. The summed E-state index contributed by atoms with van der Waals surface area (Å²) in [5, 5.41) is 6.20. The monoisotopic (exact) mass is 284 g/mol. The molecule has 3 rings (SSSR count). The summed E-state index contributed by atoms with van der Waals surface area (Å²) in [5.74, 6) is 0.654. The zero-order valence-electron chi connectivity index (χ0n) is 12.4. The van der Waals surface area contributed by atoms with Gasteiger partial charge in [0.05, 0.1) is 6.04 Å². The Bertz CT molecular complexity index is 621. The number of benzene rings is 1. The van der Waals surface area contributed by atoms with E-state index in [9.17, 15) is 4.79 Å². The molecule has 1 aliphatic heterocycles. The Labute approximate surface area is 124 Å². The molecule has 2 N–H and O–H groups in total. The smallest absolute Gasteiger partial charge is 0.272 e. The van der Waals surface area contributed by atoms with Crippen molar-refractivity contribution in [1.82, 2.24) is 14.9 Å². The number of carbonyl (C=O) groups is 1. The lowest BCUT2D eigenvalue weighted by Gasteiger charge is -2.14. The van der Waals surface area contributed by atoms with Gasteiger partial charge in [-0.25, -0.2) is 4.98 Å². The third kappa shape index (κ3) is 2.91. The predicted molar refractivity (Wildman–Crippen MR) is 82.4 cm³/mol. The van der Waals surface area contributed by atoms with Gasteiger partial charge in [-0.05, 0) is 25.8 Å². The van der Waals surface area contributed by atoms with Gasteiger partial charge in [-0.2, -0.15) is 0 Å². The van der Waals surface area contributed by atoms with Crippen LogP contribution in [-0.4, -0.2) is 22.0 Å². The molecule has 1 aromatic heterocycles. The molecule has 2 aromatic rings. The number of nitrogens with zero attached hydrogens (tertiary/aromatic N) is 2. The minimum Gasteiger partial charge on any atom is -0.356 e. The highest BCUT2D eigenvalue weighted by Gasteiger charge is 2.18. The van der Waals surface area contributed by atoms with E-state index in [-0.39, 0.29) is 11.9 Å². The second kappa shape index (κ2) is 5.60. The van der Waals surface area contributed by atoms with Gasteiger partial charge in [0.25, 0.3) is 5.91 Å². The second-order valence-corrected chi connectivity index (χ2v) is 5.53. The SMILES string of the molecule is Cc1ccc(C(C)NC(=O)c2cn3c(n2)NCCC3)cc1. The molecular weight excluding hydrogens is 264 g/mol. The van der Waals surface area contributed by atoms with Crippen LogP contribution in [0.1, 0.15) is 41.0 Å². The van der Waals surface area contributed by atoms with E-state index in [1.807, 2.05) is 29.8 Å². The highest BCUT2D eigenvalue weighted by Crippen LogP contribution is 2.16. The molecule has 0 aliphatic carbocycles. The number of imidazole rings is 1. The van der Waals surface area contributed by atoms with E-state index in [0.717, 1.165) is 31.0 Å². The van der Waals surface area contributed by atoms with E-state index in [1.165, 1.54) is 5.56 Å². The molecule has 0 spiro atoms. The Morgan fingerprint density at radius 2 is 2.14 bits per heavy atom. The van der Waals surface area contributed by atoms with Gasteiger partial charge in [0.1, 0.15) is 5.69 Å². The molecule has 1 aromatic carbocycles. The summed E-state index contributed by atoms with van der Waals surface area (Å²) >= 11 is 0. The first-order valence-corrected chi connectivity index (χ1v) is 7.32. The van der Waals surface area contributed by atoms with Crippen LogP contribution in [-0.2, 0) is 6.54 Å². The summed E-state index contributed by atoms with van der Waals surface area (Å²) in [6.45, 7) is 5.86. The molecule has 0 saturated heterocycles. The van der Waals surface area contributed by atoms with Crippen molar-refractivity contribution < 1.29 is 4.79 Å². The van der Waals surface area contributed by atoms with Crippen LogP contribution < -0.4 is 10.6 Å². The van der Waals surface area contributed by atoms with E-state index in [0.29, 0.717) is 5.69 Å². The van der Waals surface area contributed by atoms with Crippen molar-refractivity contribution >= 4 is 11.9 Å². The van der Waals surface area contributed by atoms with Gasteiger partial charge in [0.15, 0.2) is 0 Å². The molecule has 5 nitrogen and oxygen atoms in total. The number of anilines is 1. The Morgan fingerprint density at radius 3 is 2.86 bits per heavy atom. The molecular formula is C16H20N4O. The van der Waals surface area contributed by atoms with Crippen LogP contribution in [0, 0.1) is 6.92 Å². The Hall–Kier alpha value is -2.30. The van der Waals surface area contributed by atoms with Gasteiger partial charge in [-0.1, -0.05) is 29.8 Å². The summed E-state index contributed by atoms with van der Waals surface area (Å²) in [6, 6.07) is 8.15. The molecule has 1 atom stereocenters. The van der Waals surface area contributed by atoms with Crippen LogP contribution in [0.15, 0.2) is 30.5 Å². The normalized spacial score (nSPS) is 15.0. The van der Waals surface area contributed by atoms with E-state index in [4.69, 9.17) is 0 Å². The van der Waals surface area contributed by atoms with Crippen molar-refractivity contribution in [3.05, 3.63) is 47.3 Å². The fourth-order valence-corrected chi connectivity index (χ4v) is 2.50. The van der Waals surface area contributed by atoms with Gasteiger partial charge in [-0.3, -0.25) is 4.79 Å². The maximum absolute atomic E-state index is 12.3. The number of aryl methyl sites for hydroxylation is 2. The summed E-state index contributed by atoms with van der Waals surface area (Å²) < 4.78 is 1.99. The number of hydrogen-bond acceptors (Lipinski definition) is 3. The average molecular weight is 284 g/mol. The van der Waals surface area contributed by atoms with E-state index < -0.39 is 0 Å². The van der Waals surface area contributed by atoms with Crippen LogP contribution >= 0.6 is 0 Å². The number of nitrogens with one attached hydrogen (secondary N) is 2. The fourth-order valence-electron chi connectivity index (χ4n) is 2.50. The van der Waals surface area contributed by atoms with Crippen LogP contribution in [0.3, 0.4) is 0 Å². The lowest BCUT2D eigenvalue weighted by atomic mass is 10.1. The summed E-state index contributed by atoms with van der Waals surface area (Å²) in [5.41, 5.74) is 2.78. The first-order chi connectivity index (χ1) is 10.1. The standard InChI is InChI=1S/C16H20N4O/c1-11-4-6-13(7-5-11)12(2)18-15(21)14-10-20-9-3-8-17-16(20)19-14/h4-7,10,12H,3,8-9H2,1-2H3,(H,17,19)(H,18,21). The first kappa shape index (κ1) is 13.7. The van der Waals surface area contributed by atoms with Gasteiger partial charge in [0, 0.05) is 19.3 Å². The highest BCUT2D eigenvalue weighted by atomic mass is 16.2. The number of fused-ring (bicyclic) bond motifs is 1. The van der Waals surface area contributed by atoms with Crippen LogP contribution in [0.5, 0.6) is 0 Å². The number of rotatable bonds is 3. The Kier molecular flexibility index (Phi) is 3.64. The second-order valence-electron chi connectivity index (χ2n) is 5.53. The number of carbonyl (C=O) groups excluding carboxylic acids is 1. The van der Waals surface area contributed by atoms with Crippen molar-refractivity contribution in [2.75, 3.05) is 11.9 Å². The van der Waals surface area contributed by atoms with E-state index in [2.05, 4.69) is 34.7 Å². The Balaban J connectivity index is 1.70. The molecule has 0 saturated carbocycles. The quantitative estimate of drug-likeness (QED) is 0.910. The third-order valence-electron chi connectivity index (χ3n) is 3.79. The maximum atomic E-state index is 12.3. The minimum atomic E-state index is -0.133. The summed E-state index contributed by atoms with van der Waals surface area (Å²) in [6.07, 6.45) is 2.88. The number of amides is 1. The molecule has 21 heavy (non-hydrogen) atoms. The highest BCUT2D eigenvalue weighted by molar-refractivity contribution is 5.92. The van der Waals surface area contributed by atoms with Crippen molar-refractivity contribution in [2.45, 2.75) is 32.9 Å². The average Bonchev–Trinajstić information content (AvgIpc) is 2.92. The van der Waals surface area contributed by atoms with Crippen molar-refractivity contribution in [3.8, 4) is 0 Å². The van der Waals surface area contributed by atoms with Crippen molar-refractivity contribution in [2.24, 2.45) is 0 Å². The number of hydrogen-bond donors (Lipinski definition) is 2. The topological polar surface area (TPSA) is 59.0 Å². The fraction of sp³-hybridized carbons (Fsp3) is 0.375.